The highest BCUT2D eigenvalue weighted by Gasteiger charge is 2.61. The molecule has 8 atom stereocenters. The van der Waals surface area contributed by atoms with Gasteiger partial charge in [-0.05, 0) is 84.9 Å². The van der Waals surface area contributed by atoms with Crippen LogP contribution in [0.5, 0.6) is 0 Å². The molecule has 0 aromatic heterocycles. The van der Waals surface area contributed by atoms with Crippen LogP contribution >= 0.6 is 0 Å². The largest absolute Gasteiger partial charge is 0.368 e. The van der Waals surface area contributed by atoms with Crippen LogP contribution in [0.4, 0.5) is 0 Å². The molecule has 4 fully saturated rings. The maximum atomic E-state index is 12.2. The molecular formula is C22H36O3. The van der Waals surface area contributed by atoms with Crippen molar-refractivity contribution in [3.05, 3.63) is 0 Å². The fourth-order valence-electron chi connectivity index (χ4n) is 8.23. The average molecular weight is 349 g/mol. The Hall–Kier alpha value is -0.410. The van der Waals surface area contributed by atoms with E-state index >= 15 is 0 Å². The van der Waals surface area contributed by atoms with Crippen LogP contribution in [-0.2, 0) is 4.79 Å². The Balaban J connectivity index is 1.60. The zero-order valence-corrected chi connectivity index (χ0v) is 16.2. The van der Waals surface area contributed by atoms with Gasteiger partial charge in [-0.1, -0.05) is 20.8 Å². The van der Waals surface area contributed by atoms with Crippen LogP contribution in [0.3, 0.4) is 0 Å². The lowest BCUT2D eigenvalue weighted by Crippen LogP contribution is -2.56. The first-order chi connectivity index (χ1) is 11.8. The summed E-state index contributed by atoms with van der Waals surface area (Å²) in [5.41, 5.74) is 0.633. The summed E-state index contributed by atoms with van der Waals surface area (Å²) >= 11 is 0. The summed E-state index contributed by atoms with van der Waals surface area (Å²) in [6, 6.07) is 0. The van der Waals surface area contributed by atoms with Gasteiger partial charge in [0.1, 0.15) is 5.78 Å². The molecule has 0 amide bonds. The fraction of sp³-hybridized carbons (Fsp3) is 0.955. The normalized spacial score (nSPS) is 52.6. The summed E-state index contributed by atoms with van der Waals surface area (Å²) in [7, 11) is 0. The van der Waals surface area contributed by atoms with Crippen molar-refractivity contribution in [3.8, 4) is 0 Å². The number of fused-ring (bicyclic) bond motifs is 5. The number of aliphatic hydroxyl groups is 2. The highest BCUT2D eigenvalue weighted by Crippen LogP contribution is 2.68. The summed E-state index contributed by atoms with van der Waals surface area (Å²) in [5.74, 6) is 4.39. The zero-order valence-electron chi connectivity index (χ0n) is 16.2. The number of ketones is 1. The smallest absolute Gasteiger partial charge is 0.151 e. The molecule has 4 rings (SSSR count). The SMILES string of the molecule is CC1CC(=O)CC2CC[C@@H]3[C@@H](CC[C@]4(C)C(CC(O)O)CC[C@@H]34)[C@@]12C. The summed E-state index contributed by atoms with van der Waals surface area (Å²) in [6.07, 6.45) is 8.47. The second-order valence-electron chi connectivity index (χ2n) is 10.4. The Morgan fingerprint density at radius 1 is 1.04 bits per heavy atom. The molecule has 4 saturated carbocycles. The highest BCUT2D eigenvalue weighted by atomic mass is 16.5. The van der Waals surface area contributed by atoms with Crippen molar-refractivity contribution >= 4 is 5.78 Å². The number of carbonyl (C=O) groups is 1. The van der Waals surface area contributed by atoms with E-state index in [1.54, 1.807) is 0 Å². The Labute approximate surface area is 152 Å². The highest BCUT2D eigenvalue weighted by molar-refractivity contribution is 5.80. The van der Waals surface area contributed by atoms with Crippen LogP contribution < -0.4 is 0 Å². The molecule has 3 nitrogen and oxygen atoms in total. The molecule has 3 unspecified atom stereocenters. The van der Waals surface area contributed by atoms with E-state index in [4.69, 9.17) is 0 Å². The molecule has 0 aromatic carbocycles. The second-order valence-corrected chi connectivity index (χ2v) is 10.4. The summed E-state index contributed by atoms with van der Waals surface area (Å²) in [5, 5.41) is 19.1. The van der Waals surface area contributed by atoms with Gasteiger partial charge in [0.15, 0.2) is 6.29 Å². The summed E-state index contributed by atoms with van der Waals surface area (Å²) in [6.45, 7) is 7.29. The lowest BCUT2D eigenvalue weighted by atomic mass is 9.42. The standard InChI is InChI=1S/C22H36O3/c1-13-10-16(23)11-15-4-6-17-18-7-5-14(12-20(24)25)21(18,2)9-8-19(17)22(13,15)3/h13-15,17-20,24-25H,4-12H2,1-3H3/t13?,14?,15?,17-,18-,19+,21+,22-/m0/s1. The van der Waals surface area contributed by atoms with E-state index in [-0.39, 0.29) is 0 Å². The van der Waals surface area contributed by atoms with E-state index < -0.39 is 6.29 Å². The molecule has 25 heavy (non-hydrogen) atoms. The summed E-state index contributed by atoms with van der Waals surface area (Å²) in [4.78, 5) is 12.2. The van der Waals surface area contributed by atoms with Crippen molar-refractivity contribution < 1.29 is 15.0 Å². The van der Waals surface area contributed by atoms with Gasteiger partial charge in [-0.2, -0.15) is 0 Å². The third kappa shape index (κ3) is 2.56. The summed E-state index contributed by atoms with van der Waals surface area (Å²) < 4.78 is 0. The van der Waals surface area contributed by atoms with Gasteiger partial charge >= 0.3 is 0 Å². The topological polar surface area (TPSA) is 57.5 Å². The van der Waals surface area contributed by atoms with E-state index in [1.165, 1.54) is 32.1 Å². The van der Waals surface area contributed by atoms with Gasteiger partial charge in [-0.15, -0.1) is 0 Å². The van der Waals surface area contributed by atoms with Crippen molar-refractivity contribution in [1.29, 1.82) is 0 Å². The number of rotatable bonds is 2. The van der Waals surface area contributed by atoms with Gasteiger partial charge in [0.2, 0.25) is 0 Å². The second kappa shape index (κ2) is 6.05. The fourth-order valence-corrected chi connectivity index (χ4v) is 8.23. The molecule has 0 heterocycles. The third-order valence-corrected chi connectivity index (χ3v) is 9.73. The number of aliphatic hydroxyl groups excluding tert-OH is 1. The molecule has 4 aliphatic rings. The predicted molar refractivity (Wildman–Crippen MR) is 97.6 cm³/mol. The van der Waals surface area contributed by atoms with E-state index in [0.717, 1.165) is 37.0 Å². The van der Waals surface area contributed by atoms with E-state index in [2.05, 4.69) is 20.8 Å². The van der Waals surface area contributed by atoms with Crippen LogP contribution in [0.15, 0.2) is 0 Å². The molecule has 0 bridgehead atoms. The van der Waals surface area contributed by atoms with Gasteiger partial charge < -0.3 is 10.2 Å². The molecule has 142 valence electrons. The third-order valence-electron chi connectivity index (χ3n) is 9.73. The first-order valence-electron chi connectivity index (χ1n) is 10.6. The zero-order chi connectivity index (χ0) is 18.0. The quantitative estimate of drug-likeness (QED) is 0.737. The van der Waals surface area contributed by atoms with Crippen LogP contribution in [0.1, 0.15) is 78.6 Å². The van der Waals surface area contributed by atoms with Crippen LogP contribution in [-0.4, -0.2) is 22.3 Å². The molecule has 3 heteroatoms. The van der Waals surface area contributed by atoms with Crippen LogP contribution in [0.25, 0.3) is 0 Å². The molecule has 0 aliphatic heterocycles. The Morgan fingerprint density at radius 2 is 1.80 bits per heavy atom. The van der Waals surface area contributed by atoms with Gasteiger partial charge in [0, 0.05) is 19.3 Å². The lowest BCUT2D eigenvalue weighted by molar-refractivity contribution is -0.154. The number of hydrogen-bond acceptors (Lipinski definition) is 3. The van der Waals surface area contributed by atoms with E-state index in [9.17, 15) is 15.0 Å². The molecule has 4 aliphatic carbocycles. The Kier molecular flexibility index (Phi) is 4.35. The Bertz CT molecular complexity index is 543. The van der Waals surface area contributed by atoms with Crippen molar-refractivity contribution in [3.63, 3.8) is 0 Å². The van der Waals surface area contributed by atoms with Crippen LogP contribution in [0.2, 0.25) is 0 Å². The van der Waals surface area contributed by atoms with Crippen molar-refractivity contribution in [2.75, 3.05) is 0 Å². The van der Waals surface area contributed by atoms with Gasteiger partial charge in [0.05, 0.1) is 0 Å². The van der Waals surface area contributed by atoms with Gasteiger partial charge in [-0.25, -0.2) is 0 Å². The first-order valence-corrected chi connectivity index (χ1v) is 10.6. The maximum Gasteiger partial charge on any atom is 0.151 e. The maximum absolute atomic E-state index is 12.2. The average Bonchev–Trinajstić information content (AvgIpc) is 2.85. The molecule has 0 spiro atoms. The number of hydrogen-bond donors (Lipinski definition) is 2. The molecule has 2 N–H and O–H groups in total. The minimum atomic E-state index is -1.16. The number of carbonyl (C=O) groups excluding carboxylic acids is 1. The van der Waals surface area contributed by atoms with Crippen LogP contribution in [0, 0.1) is 46.3 Å². The number of Topliss-reactive ketones (excluding diaryl/α,β-unsaturated/α-hetero) is 1. The minimum absolute atomic E-state index is 0.293. The van der Waals surface area contributed by atoms with Gasteiger partial charge in [0.25, 0.3) is 0 Å². The van der Waals surface area contributed by atoms with Crippen molar-refractivity contribution in [2.45, 2.75) is 84.8 Å². The Morgan fingerprint density at radius 3 is 2.52 bits per heavy atom. The predicted octanol–water partition coefficient (Wildman–Crippen LogP) is 4.16. The molecule has 0 radical (unpaired) electrons. The van der Waals surface area contributed by atoms with Crippen molar-refractivity contribution in [2.24, 2.45) is 46.3 Å². The monoisotopic (exact) mass is 348 g/mol. The first kappa shape index (κ1) is 18.0. The molecular weight excluding hydrogens is 312 g/mol. The van der Waals surface area contributed by atoms with E-state index in [0.29, 0.717) is 40.8 Å². The van der Waals surface area contributed by atoms with Gasteiger partial charge in [-0.3, -0.25) is 4.79 Å². The lowest BCUT2D eigenvalue weighted by Gasteiger charge is -2.62. The molecule has 0 aromatic rings. The molecule has 0 saturated heterocycles. The van der Waals surface area contributed by atoms with E-state index in [1.807, 2.05) is 0 Å². The minimum Gasteiger partial charge on any atom is -0.368 e. The van der Waals surface area contributed by atoms with Crippen molar-refractivity contribution in [1.82, 2.24) is 0 Å².